The lowest BCUT2D eigenvalue weighted by Crippen LogP contribution is -2.16. The number of nitrogens with one attached hydrogen (secondary N) is 2. The number of amides is 2. The SMILES string of the molecule is C=CCOc1ccc(/C=C/C(=O)Nc2ccc(NC(C)=O)cc2C(F)(F)F)cc1OC. The molecule has 6 nitrogen and oxygen atoms in total. The number of carbonyl (C=O) groups is 2. The standard InChI is InChI=1S/C22H21F3N2O4/c1-4-11-31-19-9-5-15(12-20(19)30-3)6-10-21(29)27-18-8-7-16(26-14(2)28)13-17(18)22(23,24)25/h4-10,12-13H,1,11H2,2-3H3,(H,26,28)(H,27,29)/b10-6+. The van der Waals surface area contributed by atoms with Crippen molar-refractivity contribution in [1.82, 2.24) is 0 Å². The van der Waals surface area contributed by atoms with Crippen molar-refractivity contribution in [2.24, 2.45) is 0 Å². The van der Waals surface area contributed by atoms with Crippen LogP contribution < -0.4 is 20.1 Å². The molecule has 0 fully saturated rings. The maximum atomic E-state index is 13.4. The van der Waals surface area contributed by atoms with Gasteiger partial charge in [0, 0.05) is 18.7 Å². The lowest BCUT2D eigenvalue weighted by Gasteiger charge is -2.15. The Labute approximate surface area is 177 Å². The van der Waals surface area contributed by atoms with E-state index in [1.54, 1.807) is 24.3 Å². The van der Waals surface area contributed by atoms with Crippen molar-refractivity contribution in [3.63, 3.8) is 0 Å². The molecule has 9 heteroatoms. The molecule has 0 aliphatic carbocycles. The number of hydrogen-bond acceptors (Lipinski definition) is 4. The highest BCUT2D eigenvalue weighted by molar-refractivity contribution is 6.02. The predicted molar refractivity (Wildman–Crippen MR) is 112 cm³/mol. The second-order valence-electron chi connectivity index (χ2n) is 6.27. The number of methoxy groups -OCH3 is 1. The maximum Gasteiger partial charge on any atom is 0.418 e. The topological polar surface area (TPSA) is 76.7 Å². The first-order valence-electron chi connectivity index (χ1n) is 9.03. The van der Waals surface area contributed by atoms with Gasteiger partial charge >= 0.3 is 6.18 Å². The summed E-state index contributed by atoms with van der Waals surface area (Å²) in [7, 11) is 1.46. The van der Waals surface area contributed by atoms with Gasteiger partial charge in [-0.15, -0.1) is 0 Å². The van der Waals surface area contributed by atoms with Gasteiger partial charge in [0.1, 0.15) is 6.61 Å². The Morgan fingerprint density at radius 1 is 1.10 bits per heavy atom. The summed E-state index contributed by atoms with van der Waals surface area (Å²) >= 11 is 0. The molecule has 0 saturated heterocycles. The van der Waals surface area contributed by atoms with Crippen LogP contribution in [0.5, 0.6) is 11.5 Å². The zero-order chi connectivity index (χ0) is 23.0. The summed E-state index contributed by atoms with van der Waals surface area (Å²) < 4.78 is 50.8. The average Bonchev–Trinajstić information content (AvgIpc) is 2.70. The van der Waals surface area contributed by atoms with E-state index in [1.165, 1.54) is 26.2 Å². The van der Waals surface area contributed by atoms with E-state index in [-0.39, 0.29) is 12.3 Å². The van der Waals surface area contributed by atoms with E-state index >= 15 is 0 Å². The van der Waals surface area contributed by atoms with Crippen LogP contribution in [0.1, 0.15) is 18.1 Å². The molecule has 164 valence electrons. The Kier molecular flexibility index (Phi) is 7.84. The van der Waals surface area contributed by atoms with Crippen LogP contribution in [0.2, 0.25) is 0 Å². The summed E-state index contributed by atoms with van der Waals surface area (Å²) in [5.74, 6) is -0.358. The van der Waals surface area contributed by atoms with Gasteiger partial charge in [0.15, 0.2) is 11.5 Å². The van der Waals surface area contributed by atoms with E-state index in [9.17, 15) is 22.8 Å². The zero-order valence-electron chi connectivity index (χ0n) is 16.9. The minimum absolute atomic E-state index is 0.0285. The number of ether oxygens (including phenoxy) is 2. The molecule has 0 atom stereocenters. The van der Waals surface area contributed by atoms with E-state index in [0.717, 1.165) is 18.2 Å². The molecule has 2 aromatic rings. The maximum absolute atomic E-state index is 13.4. The minimum Gasteiger partial charge on any atom is -0.493 e. The van der Waals surface area contributed by atoms with E-state index in [1.807, 2.05) is 0 Å². The summed E-state index contributed by atoms with van der Waals surface area (Å²) in [4.78, 5) is 23.3. The van der Waals surface area contributed by atoms with Crippen LogP contribution in [-0.2, 0) is 15.8 Å². The average molecular weight is 434 g/mol. The molecule has 0 bridgehead atoms. The predicted octanol–water partition coefficient (Wildman–Crippen LogP) is 4.89. The fraction of sp³-hybridized carbons (Fsp3) is 0.182. The van der Waals surface area contributed by atoms with Crippen molar-refractivity contribution in [3.05, 3.63) is 66.3 Å². The first kappa shape index (κ1) is 23.5. The summed E-state index contributed by atoms with van der Waals surface area (Å²) in [5, 5.41) is 4.49. The molecular formula is C22H21F3N2O4. The molecule has 0 unspecified atom stereocenters. The third-order valence-corrected chi connectivity index (χ3v) is 3.87. The summed E-state index contributed by atoms with van der Waals surface area (Å²) in [6.07, 6.45) is -0.625. The third kappa shape index (κ3) is 6.91. The monoisotopic (exact) mass is 434 g/mol. The van der Waals surface area contributed by atoms with E-state index in [2.05, 4.69) is 17.2 Å². The molecule has 0 saturated carbocycles. The molecule has 0 aliphatic heterocycles. The van der Waals surface area contributed by atoms with Gasteiger partial charge in [0.2, 0.25) is 11.8 Å². The molecule has 0 spiro atoms. The van der Waals surface area contributed by atoms with Crippen LogP contribution in [0.3, 0.4) is 0 Å². The van der Waals surface area contributed by atoms with Gasteiger partial charge in [-0.05, 0) is 42.0 Å². The number of hydrogen-bond donors (Lipinski definition) is 2. The van der Waals surface area contributed by atoms with Crippen LogP contribution in [0.15, 0.2) is 55.1 Å². The number of halogens is 3. The fourth-order valence-corrected chi connectivity index (χ4v) is 2.57. The molecule has 2 N–H and O–H groups in total. The van der Waals surface area contributed by atoms with Crippen molar-refractivity contribution in [2.75, 3.05) is 24.4 Å². The van der Waals surface area contributed by atoms with Gasteiger partial charge in [-0.25, -0.2) is 0 Å². The van der Waals surface area contributed by atoms with Crippen molar-refractivity contribution in [3.8, 4) is 11.5 Å². The summed E-state index contributed by atoms with van der Waals surface area (Å²) in [6.45, 7) is 5.03. The number of rotatable bonds is 8. The van der Waals surface area contributed by atoms with Crippen LogP contribution >= 0.6 is 0 Å². The Hall–Kier alpha value is -3.75. The van der Waals surface area contributed by atoms with Gasteiger partial charge in [-0.3, -0.25) is 9.59 Å². The number of alkyl halides is 3. The highest BCUT2D eigenvalue weighted by Gasteiger charge is 2.34. The lowest BCUT2D eigenvalue weighted by atomic mass is 10.1. The Morgan fingerprint density at radius 2 is 1.84 bits per heavy atom. The highest BCUT2D eigenvalue weighted by atomic mass is 19.4. The molecule has 2 rings (SSSR count). The highest BCUT2D eigenvalue weighted by Crippen LogP contribution is 2.36. The minimum atomic E-state index is -4.73. The number of carbonyl (C=O) groups excluding carboxylic acids is 2. The van der Waals surface area contributed by atoms with Gasteiger partial charge < -0.3 is 20.1 Å². The summed E-state index contributed by atoms with van der Waals surface area (Å²) in [6, 6.07) is 8.02. The van der Waals surface area contributed by atoms with E-state index in [0.29, 0.717) is 17.1 Å². The zero-order valence-corrected chi connectivity index (χ0v) is 16.9. The number of benzene rings is 2. The number of anilines is 2. The van der Waals surface area contributed by atoms with Gasteiger partial charge in [-0.1, -0.05) is 18.7 Å². The van der Waals surface area contributed by atoms with E-state index in [4.69, 9.17) is 9.47 Å². The van der Waals surface area contributed by atoms with Crippen LogP contribution in [-0.4, -0.2) is 25.5 Å². The van der Waals surface area contributed by atoms with Crippen molar-refractivity contribution in [1.29, 1.82) is 0 Å². The van der Waals surface area contributed by atoms with Crippen molar-refractivity contribution >= 4 is 29.3 Å². The van der Waals surface area contributed by atoms with Gasteiger partial charge in [0.05, 0.1) is 18.4 Å². The van der Waals surface area contributed by atoms with Crippen LogP contribution in [0.25, 0.3) is 6.08 Å². The van der Waals surface area contributed by atoms with Crippen molar-refractivity contribution < 1.29 is 32.2 Å². The normalized spacial score (nSPS) is 11.1. The van der Waals surface area contributed by atoms with Crippen molar-refractivity contribution in [2.45, 2.75) is 13.1 Å². The van der Waals surface area contributed by atoms with Gasteiger partial charge in [-0.2, -0.15) is 13.2 Å². The second-order valence-corrected chi connectivity index (χ2v) is 6.27. The largest absolute Gasteiger partial charge is 0.493 e. The first-order valence-corrected chi connectivity index (χ1v) is 9.03. The van der Waals surface area contributed by atoms with Crippen LogP contribution in [0.4, 0.5) is 24.5 Å². The van der Waals surface area contributed by atoms with Crippen LogP contribution in [0, 0.1) is 0 Å². The summed E-state index contributed by atoms with van der Waals surface area (Å²) in [5.41, 5.74) is -0.956. The molecular weight excluding hydrogens is 413 g/mol. The molecule has 0 radical (unpaired) electrons. The molecule has 2 aromatic carbocycles. The molecule has 0 aromatic heterocycles. The Morgan fingerprint density at radius 3 is 2.45 bits per heavy atom. The molecule has 0 aliphatic rings. The lowest BCUT2D eigenvalue weighted by molar-refractivity contribution is -0.137. The van der Waals surface area contributed by atoms with Gasteiger partial charge in [0.25, 0.3) is 0 Å². The fourth-order valence-electron chi connectivity index (χ4n) is 2.57. The first-order chi connectivity index (χ1) is 14.6. The smallest absolute Gasteiger partial charge is 0.418 e. The molecule has 31 heavy (non-hydrogen) atoms. The Bertz CT molecular complexity index is 1000. The second kappa shape index (κ2) is 10.3. The molecule has 2 amide bonds. The molecule has 0 heterocycles. The Balaban J connectivity index is 2.19. The third-order valence-electron chi connectivity index (χ3n) is 3.87. The van der Waals surface area contributed by atoms with E-state index < -0.39 is 29.2 Å². The quantitative estimate of drug-likeness (QED) is 0.458.